The summed E-state index contributed by atoms with van der Waals surface area (Å²) in [4.78, 5) is 24.9. The van der Waals surface area contributed by atoms with E-state index in [1.54, 1.807) is 18.2 Å². The van der Waals surface area contributed by atoms with Crippen molar-refractivity contribution in [3.63, 3.8) is 0 Å². The Hall–Kier alpha value is -1.46. The number of carbonyl (C=O) groups is 2. The Morgan fingerprint density at radius 1 is 1.29 bits per heavy atom. The van der Waals surface area contributed by atoms with Crippen LogP contribution in [0, 0.1) is 0 Å². The van der Waals surface area contributed by atoms with E-state index >= 15 is 0 Å². The Morgan fingerprint density at radius 2 is 1.95 bits per heavy atom. The van der Waals surface area contributed by atoms with Gasteiger partial charge in [0.25, 0.3) is 0 Å². The molecular weight excluding hydrogens is 313 g/mol. The minimum absolute atomic E-state index is 0.0208. The first-order chi connectivity index (χ1) is 9.88. The summed E-state index contributed by atoms with van der Waals surface area (Å²) in [5.74, 6) is -0.214. The van der Waals surface area contributed by atoms with Gasteiger partial charge < -0.3 is 15.5 Å². The number of nitrogens with zero attached hydrogens (tertiary/aromatic N) is 1. The molecule has 0 aliphatic rings. The standard InChI is InChI=1S/C14H19Cl2N3O2/c1-4-19(8-13(20)17-3)14(21)18-9(2)10-5-6-11(15)12(16)7-10/h5-7,9H,4,8H2,1-3H3,(H,17,20)(H,18,21)/t9-/m1/s1. The van der Waals surface area contributed by atoms with Gasteiger partial charge in [-0.1, -0.05) is 29.3 Å². The number of hydrogen-bond acceptors (Lipinski definition) is 2. The lowest BCUT2D eigenvalue weighted by molar-refractivity contribution is -0.121. The molecular formula is C14H19Cl2N3O2. The first kappa shape index (κ1) is 17.6. The number of carbonyl (C=O) groups excluding carboxylic acids is 2. The maximum Gasteiger partial charge on any atom is 0.318 e. The highest BCUT2D eigenvalue weighted by molar-refractivity contribution is 6.42. The van der Waals surface area contributed by atoms with Crippen molar-refractivity contribution in [1.82, 2.24) is 15.5 Å². The van der Waals surface area contributed by atoms with Crippen LogP contribution in [0.1, 0.15) is 25.5 Å². The molecule has 0 fully saturated rings. The highest BCUT2D eigenvalue weighted by atomic mass is 35.5. The molecule has 0 aliphatic heterocycles. The molecule has 0 saturated carbocycles. The van der Waals surface area contributed by atoms with E-state index in [0.717, 1.165) is 5.56 Å². The van der Waals surface area contributed by atoms with E-state index in [0.29, 0.717) is 16.6 Å². The molecule has 0 bridgehead atoms. The fraction of sp³-hybridized carbons (Fsp3) is 0.429. The first-order valence-corrected chi connectivity index (χ1v) is 7.35. The maximum absolute atomic E-state index is 12.1. The third kappa shape index (κ3) is 5.10. The van der Waals surface area contributed by atoms with E-state index in [9.17, 15) is 9.59 Å². The Labute approximate surface area is 134 Å². The summed E-state index contributed by atoms with van der Waals surface area (Å²) in [6.45, 7) is 4.11. The van der Waals surface area contributed by atoms with E-state index < -0.39 is 0 Å². The van der Waals surface area contributed by atoms with Crippen molar-refractivity contribution >= 4 is 35.1 Å². The van der Waals surface area contributed by atoms with Gasteiger partial charge in [-0.05, 0) is 31.5 Å². The third-order valence-corrected chi connectivity index (χ3v) is 3.80. The summed E-state index contributed by atoms with van der Waals surface area (Å²) >= 11 is 11.8. The molecule has 1 aromatic rings. The number of nitrogens with one attached hydrogen (secondary N) is 2. The summed E-state index contributed by atoms with van der Waals surface area (Å²) in [6, 6.07) is 4.65. The number of amides is 3. The highest BCUT2D eigenvalue weighted by Gasteiger charge is 2.17. The highest BCUT2D eigenvalue weighted by Crippen LogP contribution is 2.25. The Kier molecular flexibility index (Phi) is 6.78. The van der Waals surface area contributed by atoms with Gasteiger partial charge in [-0.15, -0.1) is 0 Å². The van der Waals surface area contributed by atoms with Crippen LogP contribution in [-0.2, 0) is 4.79 Å². The van der Waals surface area contributed by atoms with E-state index in [-0.39, 0.29) is 24.5 Å². The second kappa shape index (κ2) is 8.10. The minimum Gasteiger partial charge on any atom is -0.358 e. The molecule has 0 heterocycles. The number of rotatable bonds is 5. The van der Waals surface area contributed by atoms with Crippen LogP contribution in [-0.4, -0.2) is 37.0 Å². The van der Waals surface area contributed by atoms with Crippen molar-refractivity contribution in [1.29, 1.82) is 0 Å². The minimum atomic E-state index is -0.306. The van der Waals surface area contributed by atoms with Crippen molar-refractivity contribution in [2.45, 2.75) is 19.9 Å². The summed E-state index contributed by atoms with van der Waals surface area (Å²) in [5, 5.41) is 6.22. The van der Waals surface area contributed by atoms with Crippen molar-refractivity contribution in [3.8, 4) is 0 Å². The summed E-state index contributed by atoms with van der Waals surface area (Å²) in [6.07, 6.45) is 0. The average Bonchev–Trinajstić information content (AvgIpc) is 2.46. The van der Waals surface area contributed by atoms with Gasteiger partial charge in [0.15, 0.2) is 0 Å². The van der Waals surface area contributed by atoms with Crippen LogP contribution in [0.15, 0.2) is 18.2 Å². The van der Waals surface area contributed by atoms with Crippen LogP contribution in [0.5, 0.6) is 0 Å². The molecule has 5 nitrogen and oxygen atoms in total. The number of benzene rings is 1. The molecule has 116 valence electrons. The fourth-order valence-electron chi connectivity index (χ4n) is 1.72. The van der Waals surface area contributed by atoms with E-state index in [1.165, 1.54) is 11.9 Å². The average molecular weight is 332 g/mol. The Bertz CT molecular complexity index is 523. The summed E-state index contributed by atoms with van der Waals surface area (Å²) in [7, 11) is 1.53. The molecule has 1 aromatic carbocycles. The zero-order valence-electron chi connectivity index (χ0n) is 12.2. The van der Waals surface area contributed by atoms with Crippen LogP contribution in [0.25, 0.3) is 0 Å². The van der Waals surface area contributed by atoms with E-state index in [1.807, 2.05) is 13.8 Å². The predicted molar refractivity (Wildman–Crippen MR) is 84.7 cm³/mol. The van der Waals surface area contributed by atoms with Crippen molar-refractivity contribution in [2.24, 2.45) is 0 Å². The molecule has 0 spiro atoms. The number of likely N-dealkylation sites (N-methyl/N-ethyl adjacent to an activating group) is 2. The lowest BCUT2D eigenvalue weighted by Gasteiger charge is -2.23. The van der Waals surface area contributed by atoms with Gasteiger partial charge in [-0.25, -0.2) is 4.79 Å². The molecule has 1 atom stereocenters. The summed E-state index contributed by atoms with van der Waals surface area (Å²) in [5.41, 5.74) is 0.841. The van der Waals surface area contributed by atoms with Crippen molar-refractivity contribution in [2.75, 3.05) is 20.1 Å². The molecule has 2 N–H and O–H groups in total. The lowest BCUT2D eigenvalue weighted by atomic mass is 10.1. The van der Waals surface area contributed by atoms with Gasteiger partial charge in [0.1, 0.15) is 6.54 Å². The molecule has 0 aromatic heterocycles. The molecule has 0 aliphatic carbocycles. The van der Waals surface area contributed by atoms with Gasteiger partial charge in [0, 0.05) is 13.6 Å². The van der Waals surface area contributed by atoms with Crippen LogP contribution >= 0.6 is 23.2 Å². The first-order valence-electron chi connectivity index (χ1n) is 6.60. The summed E-state index contributed by atoms with van der Waals surface area (Å²) < 4.78 is 0. The monoisotopic (exact) mass is 331 g/mol. The normalized spacial score (nSPS) is 11.7. The lowest BCUT2D eigenvalue weighted by Crippen LogP contribution is -2.45. The molecule has 0 saturated heterocycles. The second-order valence-corrected chi connectivity index (χ2v) is 5.35. The molecule has 0 radical (unpaired) electrons. The predicted octanol–water partition coefficient (Wildman–Crippen LogP) is 2.83. The zero-order chi connectivity index (χ0) is 16.0. The number of urea groups is 1. The van der Waals surface area contributed by atoms with Gasteiger partial charge in [-0.3, -0.25) is 4.79 Å². The molecule has 1 rings (SSSR count). The largest absolute Gasteiger partial charge is 0.358 e. The van der Waals surface area contributed by atoms with Crippen molar-refractivity contribution in [3.05, 3.63) is 33.8 Å². The quantitative estimate of drug-likeness (QED) is 0.871. The Balaban J connectivity index is 2.71. The molecule has 7 heteroatoms. The van der Waals surface area contributed by atoms with Gasteiger partial charge in [0.05, 0.1) is 16.1 Å². The molecule has 0 unspecified atom stereocenters. The van der Waals surface area contributed by atoms with Gasteiger partial charge in [0.2, 0.25) is 5.91 Å². The zero-order valence-corrected chi connectivity index (χ0v) is 13.8. The molecule has 21 heavy (non-hydrogen) atoms. The van der Waals surface area contributed by atoms with Crippen molar-refractivity contribution < 1.29 is 9.59 Å². The van der Waals surface area contributed by atoms with E-state index in [2.05, 4.69) is 10.6 Å². The van der Waals surface area contributed by atoms with Crippen LogP contribution in [0.4, 0.5) is 4.79 Å². The fourth-order valence-corrected chi connectivity index (χ4v) is 2.03. The molecule has 3 amide bonds. The van der Waals surface area contributed by atoms with Gasteiger partial charge in [-0.2, -0.15) is 0 Å². The van der Waals surface area contributed by atoms with E-state index in [4.69, 9.17) is 23.2 Å². The third-order valence-electron chi connectivity index (χ3n) is 3.07. The second-order valence-electron chi connectivity index (χ2n) is 4.53. The number of hydrogen-bond donors (Lipinski definition) is 2. The van der Waals surface area contributed by atoms with Gasteiger partial charge >= 0.3 is 6.03 Å². The topological polar surface area (TPSA) is 61.4 Å². The maximum atomic E-state index is 12.1. The SMILES string of the molecule is CCN(CC(=O)NC)C(=O)N[C@H](C)c1ccc(Cl)c(Cl)c1. The smallest absolute Gasteiger partial charge is 0.318 e. The number of halogens is 2. The Morgan fingerprint density at radius 3 is 2.48 bits per heavy atom. The van der Waals surface area contributed by atoms with Crippen LogP contribution < -0.4 is 10.6 Å². The van der Waals surface area contributed by atoms with Crippen LogP contribution in [0.3, 0.4) is 0 Å². The van der Waals surface area contributed by atoms with Crippen LogP contribution in [0.2, 0.25) is 10.0 Å².